The first-order valence-electron chi connectivity index (χ1n) is 5.74. The summed E-state index contributed by atoms with van der Waals surface area (Å²) in [5, 5.41) is 3.72. The van der Waals surface area contributed by atoms with Gasteiger partial charge in [-0.15, -0.1) is 0 Å². The van der Waals surface area contributed by atoms with Crippen LogP contribution in [0.5, 0.6) is 0 Å². The third-order valence-corrected chi connectivity index (χ3v) is 2.22. The van der Waals surface area contributed by atoms with Crippen LogP contribution in [-0.4, -0.2) is 34.0 Å². The summed E-state index contributed by atoms with van der Waals surface area (Å²) < 4.78 is 4.83. The van der Waals surface area contributed by atoms with Gasteiger partial charge in [-0.05, 0) is 12.8 Å². The Morgan fingerprint density at radius 3 is 2.38 bits per heavy atom. The summed E-state index contributed by atoms with van der Waals surface area (Å²) in [4.78, 5) is 17.8. The molecule has 0 aromatic carbocycles. The Morgan fingerprint density at radius 1 is 1.31 bits per heavy atom. The van der Waals surface area contributed by atoms with Gasteiger partial charge in [0.1, 0.15) is 0 Å². The largest absolute Gasteiger partial charge is 0.342 e. The van der Waals surface area contributed by atoms with Crippen molar-refractivity contribution in [3.05, 3.63) is 11.7 Å². The second kappa shape index (κ2) is 6.25. The zero-order chi connectivity index (χ0) is 12.0. The minimum absolute atomic E-state index is 0.0736. The molecule has 0 aliphatic heterocycles. The van der Waals surface area contributed by atoms with Crippen molar-refractivity contribution < 1.29 is 9.32 Å². The number of hydrogen-bond donors (Lipinski definition) is 0. The van der Waals surface area contributed by atoms with E-state index in [1.54, 1.807) is 6.92 Å². The summed E-state index contributed by atoms with van der Waals surface area (Å²) >= 11 is 0. The van der Waals surface area contributed by atoms with Crippen LogP contribution in [0.3, 0.4) is 0 Å². The number of carbonyl (C=O) groups excluding carboxylic acids is 1. The van der Waals surface area contributed by atoms with Crippen LogP contribution in [0.4, 0.5) is 0 Å². The van der Waals surface area contributed by atoms with Crippen LogP contribution in [0.15, 0.2) is 4.52 Å². The standard InChI is InChI=1S/C11H19N3O2/c1-4-6-14(7-5-2)11(15)8-10-12-9(3)16-13-10/h4-8H2,1-3H3. The maximum absolute atomic E-state index is 11.9. The lowest BCUT2D eigenvalue weighted by Gasteiger charge is -2.20. The number of aromatic nitrogens is 2. The number of nitrogens with zero attached hydrogens (tertiary/aromatic N) is 3. The van der Waals surface area contributed by atoms with E-state index in [4.69, 9.17) is 4.52 Å². The highest BCUT2D eigenvalue weighted by atomic mass is 16.5. The fourth-order valence-corrected chi connectivity index (χ4v) is 1.56. The molecule has 0 saturated carbocycles. The Balaban J connectivity index is 2.54. The van der Waals surface area contributed by atoms with E-state index >= 15 is 0 Å². The van der Waals surface area contributed by atoms with Crippen LogP contribution >= 0.6 is 0 Å². The maximum atomic E-state index is 11.9. The molecular formula is C11H19N3O2. The Bertz CT molecular complexity index is 330. The van der Waals surface area contributed by atoms with Crippen LogP contribution < -0.4 is 0 Å². The second-order valence-corrected chi connectivity index (χ2v) is 3.79. The smallest absolute Gasteiger partial charge is 0.230 e. The van der Waals surface area contributed by atoms with Crippen molar-refractivity contribution in [3.63, 3.8) is 0 Å². The van der Waals surface area contributed by atoms with Crippen molar-refractivity contribution in [1.29, 1.82) is 0 Å². The summed E-state index contributed by atoms with van der Waals surface area (Å²) in [6, 6.07) is 0. The molecule has 0 aliphatic rings. The molecule has 0 aliphatic carbocycles. The summed E-state index contributed by atoms with van der Waals surface area (Å²) in [6.07, 6.45) is 2.17. The van der Waals surface area contributed by atoms with E-state index in [0.29, 0.717) is 11.7 Å². The Kier molecular flexibility index (Phi) is 4.95. The second-order valence-electron chi connectivity index (χ2n) is 3.79. The monoisotopic (exact) mass is 225 g/mol. The van der Waals surface area contributed by atoms with Gasteiger partial charge in [-0.25, -0.2) is 0 Å². The Labute approximate surface area is 95.8 Å². The van der Waals surface area contributed by atoms with Crippen molar-refractivity contribution in [1.82, 2.24) is 15.0 Å². The highest BCUT2D eigenvalue weighted by Crippen LogP contribution is 2.02. The lowest BCUT2D eigenvalue weighted by atomic mass is 10.3. The molecule has 5 heteroatoms. The molecule has 0 bridgehead atoms. The van der Waals surface area contributed by atoms with E-state index in [2.05, 4.69) is 24.0 Å². The van der Waals surface area contributed by atoms with Gasteiger partial charge in [0.15, 0.2) is 5.82 Å². The topological polar surface area (TPSA) is 59.2 Å². The van der Waals surface area contributed by atoms with E-state index in [1.807, 2.05) is 4.90 Å². The van der Waals surface area contributed by atoms with Gasteiger partial charge in [0.05, 0.1) is 6.42 Å². The first-order valence-corrected chi connectivity index (χ1v) is 5.74. The van der Waals surface area contributed by atoms with Gasteiger partial charge in [-0.1, -0.05) is 19.0 Å². The average Bonchev–Trinajstić information content (AvgIpc) is 2.63. The van der Waals surface area contributed by atoms with E-state index in [0.717, 1.165) is 25.9 Å². The van der Waals surface area contributed by atoms with Crippen molar-refractivity contribution >= 4 is 5.91 Å². The molecule has 0 N–H and O–H groups in total. The van der Waals surface area contributed by atoms with Crippen molar-refractivity contribution in [2.75, 3.05) is 13.1 Å². The highest BCUT2D eigenvalue weighted by Gasteiger charge is 2.15. The van der Waals surface area contributed by atoms with Gasteiger partial charge in [-0.3, -0.25) is 4.79 Å². The molecule has 5 nitrogen and oxygen atoms in total. The zero-order valence-electron chi connectivity index (χ0n) is 10.2. The predicted octanol–water partition coefficient (Wildman–Crippen LogP) is 1.57. The minimum Gasteiger partial charge on any atom is -0.342 e. The number of carbonyl (C=O) groups is 1. The molecule has 0 radical (unpaired) electrons. The normalized spacial score (nSPS) is 10.4. The molecule has 90 valence electrons. The molecule has 1 rings (SSSR count). The average molecular weight is 225 g/mol. The number of rotatable bonds is 6. The lowest BCUT2D eigenvalue weighted by molar-refractivity contribution is -0.130. The van der Waals surface area contributed by atoms with Gasteiger partial charge >= 0.3 is 0 Å². The molecule has 0 atom stereocenters. The summed E-state index contributed by atoms with van der Waals surface area (Å²) in [7, 11) is 0. The van der Waals surface area contributed by atoms with Crippen LogP contribution in [0, 0.1) is 6.92 Å². The fourth-order valence-electron chi connectivity index (χ4n) is 1.56. The van der Waals surface area contributed by atoms with Crippen molar-refractivity contribution in [3.8, 4) is 0 Å². The van der Waals surface area contributed by atoms with Crippen LogP contribution in [0.1, 0.15) is 38.4 Å². The van der Waals surface area contributed by atoms with Crippen LogP contribution in [0.2, 0.25) is 0 Å². The first-order chi connectivity index (χ1) is 7.67. The number of amides is 1. The number of aryl methyl sites for hydroxylation is 1. The van der Waals surface area contributed by atoms with E-state index in [-0.39, 0.29) is 12.3 Å². The lowest BCUT2D eigenvalue weighted by Crippen LogP contribution is -2.33. The Hall–Kier alpha value is -1.39. The molecule has 0 spiro atoms. The predicted molar refractivity (Wildman–Crippen MR) is 59.9 cm³/mol. The summed E-state index contributed by atoms with van der Waals surface area (Å²) in [5.41, 5.74) is 0. The zero-order valence-corrected chi connectivity index (χ0v) is 10.2. The molecule has 0 fully saturated rings. The third kappa shape index (κ3) is 3.64. The van der Waals surface area contributed by atoms with Crippen LogP contribution in [0.25, 0.3) is 0 Å². The van der Waals surface area contributed by atoms with Gasteiger partial charge in [-0.2, -0.15) is 4.98 Å². The SMILES string of the molecule is CCCN(CCC)C(=O)Cc1noc(C)n1. The molecule has 1 amide bonds. The first kappa shape index (κ1) is 12.7. The van der Waals surface area contributed by atoms with Gasteiger partial charge in [0.2, 0.25) is 11.8 Å². The molecule has 0 unspecified atom stereocenters. The number of hydrogen-bond acceptors (Lipinski definition) is 4. The summed E-state index contributed by atoms with van der Waals surface area (Å²) in [5.74, 6) is 1.05. The molecule has 1 aromatic heterocycles. The van der Waals surface area contributed by atoms with Gasteiger partial charge in [0.25, 0.3) is 0 Å². The highest BCUT2D eigenvalue weighted by molar-refractivity contribution is 5.77. The Morgan fingerprint density at radius 2 is 1.94 bits per heavy atom. The van der Waals surface area contributed by atoms with Gasteiger partial charge in [0, 0.05) is 20.0 Å². The van der Waals surface area contributed by atoms with E-state index in [9.17, 15) is 4.79 Å². The van der Waals surface area contributed by atoms with E-state index < -0.39 is 0 Å². The molecule has 1 aromatic rings. The summed E-state index contributed by atoms with van der Waals surface area (Å²) in [6.45, 7) is 7.44. The third-order valence-electron chi connectivity index (χ3n) is 2.22. The maximum Gasteiger partial charge on any atom is 0.230 e. The molecule has 0 saturated heterocycles. The molecule has 1 heterocycles. The minimum atomic E-state index is 0.0736. The van der Waals surface area contributed by atoms with Gasteiger partial charge < -0.3 is 9.42 Å². The van der Waals surface area contributed by atoms with E-state index in [1.165, 1.54) is 0 Å². The van der Waals surface area contributed by atoms with Crippen molar-refractivity contribution in [2.45, 2.75) is 40.0 Å². The quantitative estimate of drug-likeness (QED) is 0.737. The van der Waals surface area contributed by atoms with Crippen molar-refractivity contribution in [2.24, 2.45) is 0 Å². The fraction of sp³-hybridized carbons (Fsp3) is 0.727. The molecule has 16 heavy (non-hydrogen) atoms. The van der Waals surface area contributed by atoms with Crippen LogP contribution in [-0.2, 0) is 11.2 Å². The molecular weight excluding hydrogens is 206 g/mol.